The molecule has 9 heteroatoms. The number of ether oxygens (including phenoxy) is 1. The number of amides is 2. The van der Waals surface area contributed by atoms with E-state index in [0.717, 1.165) is 0 Å². The minimum Gasteiger partial charge on any atom is -0.383 e. The molecule has 0 aromatic heterocycles. The molecule has 2 amide bonds. The summed E-state index contributed by atoms with van der Waals surface area (Å²) in [5, 5.41) is 16.4. The molecule has 0 saturated carbocycles. The van der Waals surface area contributed by atoms with Gasteiger partial charge in [0.15, 0.2) is 0 Å². The van der Waals surface area contributed by atoms with Crippen LogP contribution in [0.4, 0.5) is 5.69 Å². The van der Waals surface area contributed by atoms with Crippen LogP contribution in [0.5, 0.6) is 0 Å². The average Bonchev–Trinajstić information content (AvgIpc) is 2.47. The number of hydrogen-bond donors (Lipinski definition) is 2. The number of nitrogens with one attached hydrogen (secondary N) is 2. The second-order valence-corrected chi connectivity index (χ2v) is 3.80. The number of hydrazone groups is 1. The van der Waals surface area contributed by atoms with Crippen LogP contribution >= 0.6 is 0 Å². The molecule has 0 atom stereocenters. The van der Waals surface area contributed by atoms with Crippen molar-refractivity contribution < 1.29 is 19.2 Å². The molecule has 0 aliphatic rings. The first-order valence-corrected chi connectivity index (χ1v) is 5.89. The van der Waals surface area contributed by atoms with Crippen molar-refractivity contribution >= 4 is 23.7 Å². The maximum atomic E-state index is 11.3. The van der Waals surface area contributed by atoms with Crippen molar-refractivity contribution in [1.29, 1.82) is 0 Å². The summed E-state index contributed by atoms with van der Waals surface area (Å²) in [5.74, 6) is -1.74. The van der Waals surface area contributed by atoms with Gasteiger partial charge in [-0.2, -0.15) is 5.10 Å². The lowest BCUT2D eigenvalue weighted by molar-refractivity contribution is -0.384. The van der Waals surface area contributed by atoms with Gasteiger partial charge in [0.2, 0.25) is 0 Å². The second-order valence-electron chi connectivity index (χ2n) is 3.80. The monoisotopic (exact) mass is 294 g/mol. The molecule has 0 bridgehead atoms. The number of carbonyl (C=O) groups excluding carboxylic acids is 2. The number of carbonyl (C=O) groups is 2. The maximum absolute atomic E-state index is 11.3. The Bertz CT molecular complexity index is 541. The first kappa shape index (κ1) is 16.2. The van der Waals surface area contributed by atoms with Crippen molar-refractivity contribution in [3.8, 4) is 0 Å². The standard InChI is InChI=1S/C12H14N4O5/c1-21-7-6-13-11(17)12(18)15-14-8-9-2-4-10(5-3-9)16(19)20/h2-5,8H,6-7H2,1H3,(H,13,17)(H,15,18). The smallest absolute Gasteiger partial charge is 0.329 e. The van der Waals surface area contributed by atoms with E-state index in [4.69, 9.17) is 4.74 Å². The molecule has 0 spiro atoms. The lowest BCUT2D eigenvalue weighted by Gasteiger charge is -2.02. The van der Waals surface area contributed by atoms with Gasteiger partial charge in [-0.1, -0.05) is 0 Å². The first-order chi connectivity index (χ1) is 10.0. The van der Waals surface area contributed by atoms with E-state index >= 15 is 0 Å². The molecule has 0 aliphatic heterocycles. The zero-order valence-electron chi connectivity index (χ0n) is 11.2. The fourth-order valence-electron chi connectivity index (χ4n) is 1.25. The molecule has 1 rings (SSSR count). The average molecular weight is 294 g/mol. The quantitative estimate of drug-likeness (QED) is 0.247. The molecule has 0 saturated heterocycles. The zero-order valence-corrected chi connectivity index (χ0v) is 11.2. The molecule has 112 valence electrons. The van der Waals surface area contributed by atoms with Crippen LogP contribution < -0.4 is 10.7 Å². The summed E-state index contributed by atoms with van der Waals surface area (Å²) in [5.41, 5.74) is 2.53. The Morgan fingerprint density at radius 1 is 1.33 bits per heavy atom. The van der Waals surface area contributed by atoms with Gasteiger partial charge in [-0.25, -0.2) is 5.43 Å². The number of benzene rings is 1. The van der Waals surface area contributed by atoms with Crippen LogP contribution in [-0.2, 0) is 14.3 Å². The van der Waals surface area contributed by atoms with Crippen LogP contribution in [0.25, 0.3) is 0 Å². The summed E-state index contributed by atoms with van der Waals surface area (Å²) in [7, 11) is 1.47. The highest BCUT2D eigenvalue weighted by atomic mass is 16.6. The molecule has 0 radical (unpaired) electrons. The summed E-state index contributed by atoms with van der Waals surface area (Å²) in [4.78, 5) is 32.5. The summed E-state index contributed by atoms with van der Waals surface area (Å²) in [6.07, 6.45) is 1.27. The molecule has 0 aliphatic carbocycles. The van der Waals surface area contributed by atoms with Gasteiger partial charge in [-0.05, 0) is 17.7 Å². The normalized spacial score (nSPS) is 10.3. The Morgan fingerprint density at radius 3 is 2.57 bits per heavy atom. The summed E-state index contributed by atoms with van der Waals surface area (Å²) in [6.45, 7) is 0.514. The van der Waals surface area contributed by atoms with Gasteiger partial charge in [0.25, 0.3) is 5.69 Å². The van der Waals surface area contributed by atoms with Crippen molar-refractivity contribution in [3.63, 3.8) is 0 Å². The van der Waals surface area contributed by atoms with Crippen LogP contribution in [0.2, 0.25) is 0 Å². The Balaban J connectivity index is 2.44. The number of nitrogens with zero attached hydrogens (tertiary/aromatic N) is 2. The SMILES string of the molecule is COCCNC(=O)C(=O)NN=Cc1ccc([N+](=O)[O-])cc1. The molecule has 2 N–H and O–H groups in total. The van der Waals surface area contributed by atoms with Gasteiger partial charge < -0.3 is 10.1 Å². The fraction of sp³-hybridized carbons (Fsp3) is 0.250. The highest BCUT2D eigenvalue weighted by Crippen LogP contribution is 2.10. The van der Waals surface area contributed by atoms with Crippen LogP contribution in [0.1, 0.15) is 5.56 Å². The molecule has 0 fully saturated rings. The van der Waals surface area contributed by atoms with Crippen molar-refractivity contribution in [1.82, 2.24) is 10.7 Å². The molecule has 1 aromatic carbocycles. The molecule has 21 heavy (non-hydrogen) atoms. The molecule has 1 aromatic rings. The topological polar surface area (TPSA) is 123 Å². The van der Waals surface area contributed by atoms with Crippen molar-refractivity contribution in [2.75, 3.05) is 20.3 Å². The third-order valence-electron chi connectivity index (χ3n) is 2.28. The number of hydrogen-bond acceptors (Lipinski definition) is 6. The Hall–Kier alpha value is -2.81. The van der Waals surface area contributed by atoms with E-state index in [2.05, 4.69) is 10.4 Å². The fourth-order valence-corrected chi connectivity index (χ4v) is 1.25. The number of nitro groups is 1. The molecular weight excluding hydrogens is 280 g/mol. The Morgan fingerprint density at radius 2 is 2.00 bits per heavy atom. The number of nitro benzene ring substituents is 1. The molecular formula is C12H14N4O5. The van der Waals surface area contributed by atoms with E-state index in [9.17, 15) is 19.7 Å². The van der Waals surface area contributed by atoms with Crippen LogP contribution in [0.3, 0.4) is 0 Å². The maximum Gasteiger partial charge on any atom is 0.329 e. The largest absolute Gasteiger partial charge is 0.383 e. The van der Waals surface area contributed by atoms with E-state index in [-0.39, 0.29) is 12.2 Å². The lowest BCUT2D eigenvalue weighted by Crippen LogP contribution is -2.39. The molecule has 0 heterocycles. The van der Waals surface area contributed by atoms with Gasteiger partial charge in [0.1, 0.15) is 0 Å². The van der Waals surface area contributed by atoms with E-state index in [1.807, 2.05) is 5.43 Å². The summed E-state index contributed by atoms with van der Waals surface area (Å²) in [6, 6.07) is 5.54. The predicted octanol–water partition coefficient (Wildman–Crippen LogP) is -0.192. The van der Waals surface area contributed by atoms with Crippen LogP contribution in [0, 0.1) is 10.1 Å². The van der Waals surface area contributed by atoms with Gasteiger partial charge >= 0.3 is 11.8 Å². The summed E-state index contributed by atoms with van der Waals surface area (Å²) >= 11 is 0. The molecule has 0 unspecified atom stereocenters. The zero-order chi connectivity index (χ0) is 15.7. The van der Waals surface area contributed by atoms with Gasteiger partial charge in [0.05, 0.1) is 17.7 Å². The number of non-ortho nitro benzene ring substituents is 1. The van der Waals surface area contributed by atoms with E-state index in [1.54, 1.807) is 0 Å². The highest BCUT2D eigenvalue weighted by Gasteiger charge is 2.11. The molecule has 9 nitrogen and oxygen atoms in total. The van der Waals surface area contributed by atoms with Gasteiger partial charge in [-0.15, -0.1) is 0 Å². The van der Waals surface area contributed by atoms with E-state index in [0.29, 0.717) is 12.2 Å². The predicted molar refractivity (Wildman–Crippen MR) is 73.7 cm³/mol. The Kier molecular flexibility index (Phi) is 6.48. The van der Waals surface area contributed by atoms with E-state index < -0.39 is 16.7 Å². The van der Waals surface area contributed by atoms with Crippen molar-refractivity contribution in [2.24, 2.45) is 5.10 Å². The second kappa shape index (κ2) is 8.38. The first-order valence-electron chi connectivity index (χ1n) is 5.89. The minimum absolute atomic E-state index is 0.0475. The third kappa shape index (κ3) is 5.78. The van der Waals surface area contributed by atoms with Crippen LogP contribution in [-0.4, -0.2) is 43.2 Å². The minimum atomic E-state index is -0.913. The van der Waals surface area contributed by atoms with Crippen molar-refractivity contribution in [3.05, 3.63) is 39.9 Å². The van der Waals surface area contributed by atoms with Crippen LogP contribution in [0.15, 0.2) is 29.4 Å². The Labute approximate surface area is 120 Å². The highest BCUT2D eigenvalue weighted by molar-refractivity contribution is 6.35. The van der Waals surface area contributed by atoms with Gasteiger partial charge in [-0.3, -0.25) is 19.7 Å². The third-order valence-corrected chi connectivity index (χ3v) is 2.28. The lowest BCUT2D eigenvalue weighted by atomic mass is 10.2. The van der Waals surface area contributed by atoms with E-state index in [1.165, 1.54) is 37.6 Å². The number of methoxy groups -OCH3 is 1. The van der Waals surface area contributed by atoms with Crippen molar-refractivity contribution in [2.45, 2.75) is 0 Å². The van der Waals surface area contributed by atoms with Gasteiger partial charge in [0, 0.05) is 25.8 Å². The number of rotatable bonds is 6. The summed E-state index contributed by atoms with van der Waals surface area (Å²) < 4.78 is 4.71.